The predicted molar refractivity (Wildman–Crippen MR) is 203 cm³/mol. The molecular formula is C45H28N4O. The fourth-order valence-electron chi connectivity index (χ4n) is 7.19. The molecule has 0 aliphatic heterocycles. The van der Waals surface area contributed by atoms with Crippen molar-refractivity contribution in [3.8, 4) is 51.0 Å². The van der Waals surface area contributed by atoms with E-state index in [1.54, 1.807) is 0 Å². The summed E-state index contributed by atoms with van der Waals surface area (Å²) in [5.74, 6) is 1.91. The molecule has 3 heterocycles. The van der Waals surface area contributed by atoms with Crippen LogP contribution in [0, 0.1) is 0 Å². The first-order chi connectivity index (χ1) is 24.8. The molecule has 0 spiro atoms. The summed E-state index contributed by atoms with van der Waals surface area (Å²) in [6.45, 7) is 0. The van der Waals surface area contributed by atoms with Gasteiger partial charge in [0.05, 0.1) is 16.4 Å². The smallest absolute Gasteiger partial charge is 0.164 e. The molecule has 7 aromatic carbocycles. The molecule has 234 valence electrons. The first-order valence-electron chi connectivity index (χ1n) is 16.7. The number of aromatic nitrogens is 4. The Hall–Kier alpha value is -6.85. The van der Waals surface area contributed by atoms with E-state index in [0.717, 1.165) is 55.3 Å². The van der Waals surface area contributed by atoms with E-state index in [4.69, 9.17) is 19.4 Å². The maximum Gasteiger partial charge on any atom is 0.164 e. The molecule has 10 aromatic rings. The minimum Gasteiger partial charge on any atom is -0.456 e. The van der Waals surface area contributed by atoms with Crippen molar-refractivity contribution in [1.82, 2.24) is 19.5 Å². The lowest BCUT2D eigenvalue weighted by atomic mass is 9.99. The second-order valence-corrected chi connectivity index (χ2v) is 12.4. The van der Waals surface area contributed by atoms with Gasteiger partial charge in [0, 0.05) is 38.5 Å². The molecule has 3 aromatic heterocycles. The molecule has 0 amide bonds. The van der Waals surface area contributed by atoms with E-state index in [1.165, 1.54) is 21.9 Å². The van der Waals surface area contributed by atoms with Crippen LogP contribution < -0.4 is 0 Å². The van der Waals surface area contributed by atoms with Crippen LogP contribution in [-0.4, -0.2) is 19.5 Å². The first-order valence-corrected chi connectivity index (χ1v) is 16.7. The minimum atomic E-state index is 0.626. The van der Waals surface area contributed by atoms with Crippen molar-refractivity contribution in [2.45, 2.75) is 0 Å². The van der Waals surface area contributed by atoms with Crippen molar-refractivity contribution >= 4 is 43.7 Å². The van der Waals surface area contributed by atoms with Gasteiger partial charge in [0.1, 0.15) is 11.2 Å². The third-order valence-electron chi connectivity index (χ3n) is 9.46. The quantitative estimate of drug-likeness (QED) is 0.188. The van der Waals surface area contributed by atoms with Crippen LogP contribution in [-0.2, 0) is 0 Å². The van der Waals surface area contributed by atoms with Gasteiger partial charge in [-0.2, -0.15) is 0 Å². The number of para-hydroxylation sites is 1. The molecule has 0 radical (unpaired) electrons. The average Bonchev–Trinajstić information content (AvgIpc) is 3.75. The van der Waals surface area contributed by atoms with E-state index in [-0.39, 0.29) is 0 Å². The van der Waals surface area contributed by atoms with Crippen LogP contribution in [0.1, 0.15) is 0 Å². The summed E-state index contributed by atoms with van der Waals surface area (Å²) in [6.07, 6.45) is 0. The van der Waals surface area contributed by atoms with Crippen molar-refractivity contribution < 1.29 is 4.42 Å². The Morgan fingerprint density at radius 1 is 0.380 bits per heavy atom. The highest BCUT2D eigenvalue weighted by molar-refractivity contribution is 6.26. The van der Waals surface area contributed by atoms with Gasteiger partial charge in [-0.3, -0.25) is 0 Å². The highest BCUT2D eigenvalue weighted by Gasteiger charge is 2.21. The van der Waals surface area contributed by atoms with Crippen molar-refractivity contribution in [3.63, 3.8) is 0 Å². The molecule has 0 saturated heterocycles. The Balaban J connectivity index is 1.21. The van der Waals surface area contributed by atoms with Gasteiger partial charge in [-0.05, 0) is 59.7 Å². The van der Waals surface area contributed by atoms with Crippen LogP contribution in [0.3, 0.4) is 0 Å². The Bertz CT molecular complexity index is 2780. The molecule has 0 saturated carbocycles. The molecular weight excluding hydrogens is 613 g/mol. The summed E-state index contributed by atoms with van der Waals surface area (Å²) in [5, 5.41) is 4.60. The van der Waals surface area contributed by atoms with Crippen molar-refractivity contribution in [2.24, 2.45) is 0 Å². The summed E-state index contributed by atoms with van der Waals surface area (Å²) in [4.78, 5) is 14.8. The summed E-state index contributed by atoms with van der Waals surface area (Å²) < 4.78 is 8.78. The fraction of sp³-hybridized carbons (Fsp3) is 0. The second-order valence-electron chi connectivity index (χ2n) is 12.4. The number of hydrogen-bond donors (Lipinski definition) is 0. The Labute approximate surface area is 287 Å². The van der Waals surface area contributed by atoms with Crippen LogP contribution in [0.4, 0.5) is 0 Å². The molecule has 0 aliphatic carbocycles. The number of fused-ring (bicyclic) bond motifs is 7. The van der Waals surface area contributed by atoms with Gasteiger partial charge in [0.25, 0.3) is 0 Å². The molecule has 0 bridgehead atoms. The molecule has 10 rings (SSSR count). The number of hydrogen-bond acceptors (Lipinski definition) is 4. The Morgan fingerprint density at radius 2 is 0.940 bits per heavy atom. The fourth-order valence-corrected chi connectivity index (χ4v) is 7.19. The third-order valence-corrected chi connectivity index (χ3v) is 9.46. The highest BCUT2D eigenvalue weighted by Crippen LogP contribution is 2.44. The van der Waals surface area contributed by atoms with Gasteiger partial charge in [-0.25, -0.2) is 15.0 Å². The lowest BCUT2D eigenvalue weighted by Gasteiger charge is -2.11. The molecule has 5 heteroatoms. The van der Waals surface area contributed by atoms with E-state index >= 15 is 0 Å². The Morgan fingerprint density at radius 3 is 1.58 bits per heavy atom. The van der Waals surface area contributed by atoms with Gasteiger partial charge in [0.15, 0.2) is 17.5 Å². The van der Waals surface area contributed by atoms with Crippen LogP contribution in [0.25, 0.3) is 94.7 Å². The standard InChI is InChI=1S/C45H28N4O/c1-4-13-29(14-5-1)34-20-12-21-37-40(34)36-27-28-39-41(35-19-10-11-22-38(35)50-39)42(36)49(37)33-25-23-32(24-26-33)45-47-43(30-15-6-2-7-16-30)46-44(48-45)31-17-8-3-9-18-31/h1-28H. The third kappa shape index (κ3) is 4.52. The van der Waals surface area contributed by atoms with E-state index in [0.29, 0.717) is 17.5 Å². The molecule has 0 unspecified atom stereocenters. The average molecular weight is 641 g/mol. The number of benzene rings is 7. The topological polar surface area (TPSA) is 56.7 Å². The lowest BCUT2D eigenvalue weighted by Crippen LogP contribution is -2.00. The van der Waals surface area contributed by atoms with Crippen LogP contribution in [0.15, 0.2) is 174 Å². The monoisotopic (exact) mass is 640 g/mol. The zero-order valence-electron chi connectivity index (χ0n) is 26.9. The maximum absolute atomic E-state index is 6.40. The van der Waals surface area contributed by atoms with Crippen molar-refractivity contribution in [2.75, 3.05) is 0 Å². The normalized spacial score (nSPS) is 11.6. The highest BCUT2D eigenvalue weighted by atomic mass is 16.3. The molecule has 0 fully saturated rings. The molecule has 5 nitrogen and oxygen atoms in total. The zero-order valence-corrected chi connectivity index (χ0v) is 26.9. The van der Waals surface area contributed by atoms with Crippen LogP contribution in [0.2, 0.25) is 0 Å². The van der Waals surface area contributed by atoms with E-state index in [9.17, 15) is 0 Å². The van der Waals surface area contributed by atoms with E-state index in [2.05, 4.69) is 102 Å². The second kappa shape index (κ2) is 11.4. The number of furan rings is 1. The minimum absolute atomic E-state index is 0.626. The number of nitrogens with zero attached hydrogens (tertiary/aromatic N) is 4. The Kier molecular flexibility index (Phi) is 6.42. The van der Waals surface area contributed by atoms with Gasteiger partial charge in [0.2, 0.25) is 0 Å². The van der Waals surface area contributed by atoms with Crippen LogP contribution in [0.5, 0.6) is 0 Å². The summed E-state index contributed by atoms with van der Waals surface area (Å²) >= 11 is 0. The number of rotatable bonds is 5. The summed E-state index contributed by atoms with van der Waals surface area (Å²) in [7, 11) is 0. The van der Waals surface area contributed by atoms with Crippen molar-refractivity contribution in [3.05, 3.63) is 170 Å². The SMILES string of the molecule is c1ccc(-c2nc(-c3ccccc3)nc(-c3ccc(-n4c5cccc(-c6ccccc6)c5c5ccc6oc7ccccc7c6c54)cc3)n2)cc1. The largest absolute Gasteiger partial charge is 0.456 e. The first kappa shape index (κ1) is 28.2. The molecule has 0 aliphatic rings. The summed E-state index contributed by atoms with van der Waals surface area (Å²) in [6, 6.07) is 58.5. The molecule has 50 heavy (non-hydrogen) atoms. The lowest BCUT2D eigenvalue weighted by molar-refractivity contribution is 0.669. The van der Waals surface area contributed by atoms with E-state index in [1.807, 2.05) is 72.8 Å². The van der Waals surface area contributed by atoms with Gasteiger partial charge >= 0.3 is 0 Å². The zero-order chi connectivity index (χ0) is 33.0. The maximum atomic E-state index is 6.40. The summed E-state index contributed by atoms with van der Waals surface area (Å²) in [5.41, 5.74) is 10.2. The van der Waals surface area contributed by atoms with Crippen LogP contribution >= 0.6 is 0 Å². The van der Waals surface area contributed by atoms with Gasteiger partial charge < -0.3 is 8.98 Å². The van der Waals surface area contributed by atoms with E-state index < -0.39 is 0 Å². The van der Waals surface area contributed by atoms with Gasteiger partial charge in [-0.15, -0.1) is 0 Å². The molecule has 0 atom stereocenters. The molecule has 0 N–H and O–H groups in total. The predicted octanol–water partition coefficient (Wildman–Crippen LogP) is 11.5. The van der Waals surface area contributed by atoms with Gasteiger partial charge in [-0.1, -0.05) is 121 Å². The van der Waals surface area contributed by atoms with Crippen molar-refractivity contribution in [1.29, 1.82) is 0 Å².